The molecule has 3 rings (SSSR count). The first-order chi connectivity index (χ1) is 13.5. The lowest BCUT2D eigenvalue weighted by atomic mass is 9.85. The maximum Gasteiger partial charge on any atom is 0.233 e. The number of amides is 3. The minimum Gasteiger partial charge on any atom is -0.491 e. The van der Waals surface area contributed by atoms with Gasteiger partial charge in [0.15, 0.2) is 0 Å². The van der Waals surface area contributed by atoms with Crippen LogP contribution in [0.5, 0.6) is 5.75 Å². The Morgan fingerprint density at radius 3 is 2.43 bits per heavy atom. The Balaban J connectivity index is 1.40. The van der Waals surface area contributed by atoms with Crippen molar-refractivity contribution in [2.24, 2.45) is 11.8 Å². The summed E-state index contributed by atoms with van der Waals surface area (Å²) in [5.41, 5.74) is 1.14. The van der Waals surface area contributed by atoms with Crippen LogP contribution in [-0.4, -0.2) is 42.3 Å². The molecular weight excluding hydrogens is 356 g/mol. The van der Waals surface area contributed by atoms with E-state index in [0.717, 1.165) is 11.3 Å². The van der Waals surface area contributed by atoms with E-state index in [1.807, 2.05) is 36.4 Å². The van der Waals surface area contributed by atoms with Crippen molar-refractivity contribution in [3.63, 3.8) is 0 Å². The first-order valence-corrected chi connectivity index (χ1v) is 9.97. The molecule has 1 saturated heterocycles. The molecule has 1 heterocycles. The molecule has 0 saturated carbocycles. The normalized spacial score (nSPS) is 21.2. The molecule has 0 spiro atoms. The van der Waals surface area contributed by atoms with Crippen LogP contribution in [0.15, 0.2) is 36.4 Å². The average molecular weight is 384 g/mol. The molecule has 1 aliphatic carbocycles. The molecule has 3 amide bonds. The van der Waals surface area contributed by atoms with Crippen molar-refractivity contribution in [1.82, 2.24) is 10.2 Å². The molecule has 1 aromatic rings. The molecule has 2 aliphatic rings. The minimum atomic E-state index is -0.241. The van der Waals surface area contributed by atoms with E-state index in [1.165, 1.54) is 4.90 Å². The van der Waals surface area contributed by atoms with Gasteiger partial charge >= 0.3 is 0 Å². The summed E-state index contributed by atoms with van der Waals surface area (Å²) in [7, 11) is 0. The van der Waals surface area contributed by atoms with Crippen LogP contribution in [-0.2, 0) is 14.4 Å². The molecule has 0 bridgehead atoms. The molecule has 0 aromatic heterocycles. The summed E-state index contributed by atoms with van der Waals surface area (Å²) in [6.45, 7) is 5.11. The van der Waals surface area contributed by atoms with E-state index in [-0.39, 0.29) is 42.5 Å². The number of likely N-dealkylation sites (tertiary alicyclic amines) is 1. The van der Waals surface area contributed by atoms with Gasteiger partial charge in [-0.15, -0.1) is 0 Å². The summed E-state index contributed by atoms with van der Waals surface area (Å²) < 4.78 is 5.78. The van der Waals surface area contributed by atoms with Crippen LogP contribution < -0.4 is 10.1 Å². The zero-order chi connectivity index (χ0) is 20.1. The highest BCUT2D eigenvalue weighted by molar-refractivity contribution is 6.05. The number of nitrogens with zero attached hydrogens (tertiary/aromatic N) is 1. The summed E-state index contributed by atoms with van der Waals surface area (Å²) in [4.78, 5) is 38.1. The number of para-hydroxylation sites is 1. The smallest absolute Gasteiger partial charge is 0.233 e. The van der Waals surface area contributed by atoms with Crippen molar-refractivity contribution >= 4 is 17.7 Å². The van der Waals surface area contributed by atoms with E-state index in [9.17, 15) is 14.4 Å². The van der Waals surface area contributed by atoms with Crippen LogP contribution in [0.3, 0.4) is 0 Å². The molecule has 0 unspecified atom stereocenters. The maximum atomic E-state index is 12.4. The second-order valence-corrected chi connectivity index (χ2v) is 7.62. The fourth-order valence-corrected chi connectivity index (χ4v) is 3.83. The fraction of sp³-hybridized carbons (Fsp3) is 0.500. The second kappa shape index (κ2) is 9.04. The summed E-state index contributed by atoms with van der Waals surface area (Å²) >= 11 is 0. The SMILES string of the molecule is CC(C)c1ccccc1OCCNC(=O)CCN1C(=O)[C@H]2CC=CC[C@H]2C1=O. The first-order valence-electron chi connectivity index (χ1n) is 9.97. The lowest BCUT2D eigenvalue weighted by Crippen LogP contribution is -2.36. The van der Waals surface area contributed by atoms with Crippen molar-refractivity contribution in [2.45, 2.75) is 39.0 Å². The van der Waals surface area contributed by atoms with Crippen LogP contribution in [0.2, 0.25) is 0 Å². The standard InChI is InChI=1S/C22H28N2O4/c1-15(2)16-7-5-6-10-19(16)28-14-12-23-20(25)11-13-24-21(26)17-8-3-4-9-18(17)22(24)27/h3-7,10,15,17-18H,8-9,11-14H2,1-2H3,(H,23,25)/t17-,18+. The molecule has 28 heavy (non-hydrogen) atoms. The number of hydrogen-bond acceptors (Lipinski definition) is 4. The molecule has 1 aliphatic heterocycles. The summed E-state index contributed by atoms with van der Waals surface area (Å²) in [6, 6.07) is 7.87. The molecule has 0 radical (unpaired) electrons. The van der Waals surface area contributed by atoms with Crippen molar-refractivity contribution < 1.29 is 19.1 Å². The molecule has 150 valence electrons. The number of rotatable bonds is 8. The number of carbonyl (C=O) groups is 3. The molecule has 6 heteroatoms. The molecule has 1 fully saturated rings. The van der Waals surface area contributed by atoms with E-state index in [4.69, 9.17) is 4.74 Å². The predicted octanol–water partition coefficient (Wildman–Crippen LogP) is 2.65. The van der Waals surface area contributed by atoms with Gasteiger partial charge in [0.1, 0.15) is 12.4 Å². The highest BCUT2D eigenvalue weighted by Gasteiger charge is 2.46. The number of carbonyl (C=O) groups excluding carboxylic acids is 3. The van der Waals surface area contributed by atoms with Gasteiger partial charge in [0.25, 0.3) is 0 Å². The van der Waals surface area contributed by atoms with E-state index in [0.29, 0.717) is 31.9 Å². The Kier molecular flexibility index (Phi) is 6.49. The van der Waals surface area contributed by atoms with Gasteiger partial charge < -0.3 is 10.1 Å². The molecule has 2 atom stereocenters. The van der Waals surface area contributed by atoms with E-state index >= 15 is 0 Å². The van der Waals surface area contributed by atoms with E-state index in [2.05, 4.69) is 19.2 Å². The van der Waals surface area contributed by atoms with Gasteiger partial charge in [0.2, 0.25) is 17.7 Å². The Morgan fingerprint density at radius 2 is 1.79 bits per heavy atom. The zero-order valence-electron chi connectivity index (χ0n) is 16.5. The molecule has 1 aromatic carbocycles. The molecule has 1 N–H and O–H groups in total. The highest BCUT2D eigenvalue weighted by atomic mass is 16.5. The Hall–Kier alpha value is -2.63. The quantitative estimate of drug-likeness (QED) is 0.425. The second-order valence-electron chi connectivity index (χ2n) is 7.62. The van der Waals surface area contributed by atoms with Crippen molar-refractivity contribution in [2.75, 3.05) is 19.7 Å². The third kappa shape index (κ3) is 4.43. The largest absolute Gasteiger partial charge is 0.491 e. The van der Waals surface area contributed by atoms with Gasteiger partial charge in [0, 0.05) is 13.0 Å². The van der Waals surface area contributed by atoms with Gasteiger partial charge in [0.05, 0.1) is 18.4 Å². The van der Waals surface area contributed by atoms with Gasteiger partial charge in [-0.2, -0.15) is 0 Å². The van der Waals surface area contributed by atoms with E-state index in [1.54, 1.807) is 0 Å². The maximum absolute atomic E-state index is 12.4. The fourth-order valence-electron chi connectivity index (χ4n) is 3.83. The lowest BCUT2D eigenvalue weighted by Gasteiger charge is -2.15. The number of fused-ring (bicyclic) bond motifs is 1. The number of allylic oxidation sites excluding steroid dienone is 2. The van der Waals surface area contributed by atoms with Crippen LogP contribution in [0.25, 0.3) is 0 Å². The van der Waals surface area contributed by atoms with Crippen LogP contribution in [0, 0.1) is 11.8 Å². The van der Waals surface area contributed by atoms with Crippen LogP contribution in [0.1, 0.15) is 44.6 Å². The number of benzene rings is 1. The van der Waals surface area contributed by atoms with Crippen molar-refractivity contribution in [1.29, 1.82) is 0 Å². The monoisotopic (exact) mass is 384 g/mol. The number of imide groups is 1. The zero-order valence-corrected chi connectivity index (χ0v) is 16.5. The average Bonchev–Trinajstić information content (AvgIpc) is 2.94. The summed E-state index contributed by atoms with van der Waals surface area (Å²) in [5, 5.41) is 2.79. The van der Waals surface area contributed by atoms with Gasteiger partial charge in [-0.3, -0.25) is 19.3 Å². The number of nitrogens with one attached hydrogen (secondary N) is 1. The third-order valence-electron chi connectivity index (χ3n) is 5.38. The minimum absolute atomic E-state index is 0.118. The topological polar surface area (TPSA) is 75.7 Å². The highest BCUT2D eigenvalue weighted by Crippen LogP contribution is 2.35. The Labute approximate surface area is 165 Å². The third-order valence-corrected chi connectivity index (χ3v) is 5.38. The number of ether oxygens (including phenoxy) is 1. The van der Waals surface area contributed by atoms with Gasteiger partial charge in [-0.1, -0.05) is 44.2 Å². The van der Waals surface area contributed by atoms with Gasteiger partial charge in [-0.05, 0) is 30.4 Å². The predicted molar refractivity (Wildman–Crippen MR) is 106 cm³/mol. The Bertz CT molecular complexity index is 746. The number of hydrogen-bond donors (Lipinski definition) is 1. The van der Waals surface area contributed by atoms with Crippen molar-refractivity contribution in [3.05, 3.63) is 42.0 Å². The van der Waals surface area contributed by atoms with Crippen LogP contribution >= 0.6 is 0 Å². The molecular formula is C22H28N2O4. The van der Waals surface area contributed by atoms with Crippen molar-refractivity contribution in [3.8, 4) is 5.75 Å². The summed E-state index contributed by atoms with van der Waals surface area (Å²) in [5.74, 6) is 0.248. The van der Waals surface area contributed by atoms with E-state index < -0.39 is 0 Å². The van der Waals surface area contributed by atoms with Crippen LogP contribution in [0.4, 0.5) is 0 Å². The summed E-state index contributed by atoms with van der Waals surface area (Å²) in [6.07, 6.45) is 5.27. The lowest BCUT2D eigenvalue weighted by molar-refractivity contribution is -0.140. The first kappa shape index (κ1) is 20.1. The Morgan fingerprint density at radius 1 is 1.14 bits per heavy atom. The van der Waals surface area contributed by atoms with Gasteiger partial charge in [-0.25, -0.2) is 0 Å². The molecule has 6 nitrogen and oxygen atoms in total.